The van der Waals surface area contributed by atoms with Gasteiger partial charge in [0.1, 0.15) is 11.4 Å². The molecule has 8 nitrogen and oxygen atoms in total. The lowest BCUT2D eigenvalue weighted by Crippen LogP contribution is -2.45. The van der Waals surface area contributed by atoms with Crippen LogP contribution >= 0.6 is 0 Å². The molecule has 0 spiro atoms. The smallest absolute Gasteiger partial charge is 0.410 e. The van der Waals surface area contributed by atoms with E-state index >= 15 is 0 Å². The van der Waals surface area contributed by atoms with E-state index in [0.29, 0.717) is 41.8 Å². The van der Waals surface area contributed by atoms with Gasteiger partial charge in [-0.15, -0.1) is 0 Å². The van der Waals surface area contributed by atoms with Crippen molar-refractivity contribution in [3.05, 3.63) is 60.9 Å². The summed E-state index contributed by atoms with van der Waals surface area (Å²) in [6.45, 7) is 8.21. The van der Waals surface area contributed by atoms with Crippen molar-refractivity contribution >= 4 is 26.9 Å². The van der Waals surface area contributed by atoms with Crippen LogP contribution in [0.25, 0.3) is 10.8 Å². The molecule has 2 heterocycles. The van der Waals surface area contributed by atoms with Gasteiger partial charge in [-0.3, -0.25) is 4.98 Å². The van der Waals surface area contributed by atoms with Crippen LogP contribution in [0.2, 0.25) is 0 Å². The summed E-state index contributed by atoms with van der Waals surface area (Å²) in [5, 5.41) is 1.14. The normalized spacial score (nSPS) is 17.7. The van der Waals surface area contributed by atoms with E-state index in [1.165, 1.54) is 10.5 Å². The van der Waals surface area contributed by atoms with E-state index in [9.17, 15) is 13.2 Å². The molecule has 1 aromatic heterocycles. The molecule has 1 aliphatic rings. The largest absolute Gasteiger partial charge is 0.455 e. The fraction of sp³-hybridized carbons (Fsp3) is 0.385. The summed E-state index contributed by atoms with van der Waals surface area (Å²) in [6, 6.07) is 13.9. The van der Waals surface area contributed by atoms with Crippen molar-refractivity contribution in [3.63, 3.8) is 0 Å². The zero-order valence-electron chi connectivity index (χ0n) is 20.5. The van der Waals surface area contributed by atoms with Gasteiger partial charge in [0, 0.05) is 42.6 Å². The summed E-state index contributed by atoms with van der Waals surface area (Å²) in [7, 11) is -3.91. The highest BCUT2D eigenvalue weighted by Gasteiger charge is 2.35. The lowest BCUT2D eigenvalue weighted by molar-refractivity contribution is 0.0244. The molecule has 9 heteroatoms. The Labute approximate surface area is 206 Å². The molecular formula is C26H31N3O5S. The van der Waals surface area contributed by atoms with Crippen molar-refractivity contribution in [2.24, 2.45) is 0 Å². The maximum Gasteiger partial charge on any atom is 0.410 e. The van der Waals surface area contributed by atoms with Crippen molar-refractivity contribution < 1.29 is 22.7 Å². The molecule has 4 rings (SSSR count). The number of rotatable bonds is 4. The number of carbonyl (C=O) groups is 1. The van der Waals surface area contributed by atoms with Crippen molar-refractivity contribution in [2.75, 3.05) is 19.6 Å². The predicted molar refractivity (Wildman–Crippen MR) is 134 cm³/mol. The molecule has 1 amide bonds. The third-order valence-electron chi connectivity index (χ3n) is 5.70. The number of carbonyl (C=O) groups excluding carboxylic acids is 1. The minimum absolute atomic E-state index is 0.154. The molecule has 0 radical (unpaired) electrons. The molecule has 1 aliphatic heterocycles. The monoisotopic (exact) mass is 497 g/mol. The highest BCUT2D eigenvalue weighted by atomic mass is 32.2. The van der Waals surface area contributed by atoms with Gasteiger partial charge in [0.2, 0.25) is 10.0 Å². The Balaban J connectivity index is 1.68. The van der Waals surface area contributed by atoms with Gasteiger partial charge in [0.25, 0.3) is 0 Å². The SMILES string of the molecule is C[C@H]1CN(C(=O)OC(C)(C)C)CCCN1S(=O)(=O)c1cccc2cncc(Oc3ccccc3)c12. The van der Waals surface area contributed by atoms with Crippen molar-refractivity contribution in [3.8, 4) is 11.5 Å². The third-order valence-corrected chi connectivity index (χ3v) is 7.76. The summed E-state index contributed by atoms with van der Waals surface area (Å²) < 4.78 is 41.0. The molecule has 0 bridgehead atoms. The first-order chi connectivity index (χ1) is 16.6. The van der Waals surface area contributed by atoms with Gasteiger partial charge in [-0.2, -0.15) is 4.31 Å². The number of pyridine rings is 1. The summed E-state index contributed by atoms with van der Waals surface area (Å²) >= 11 is 0. The fourth-order valence-corrected chi connectivity index (χ4v) is 6.08. The number of hydrogen-bond acceptors (Lipinski definition) is 6. The van der Waals surface area contributed by atoms with Crippen LogP contribution in [-0.2, 0) is 14.8 Å². The minimum Gasteiger partial charge on any atom is -0.455 e. The molecule has 3 aromatic rings. The molecule has 0 aliphatic carbocycles. The number of nitrogens with zero attached hydrogens (tertiary/aromatic N) is 3. The van der Waals surface area contributed by atoms with E-state index in [1.807, 2.05) is 52.0 Å². The van der Waals surface area contributed by atoms with Crippen LogP contribution in [-0.4, -0.2) is 60.0 Å². The van der Waals surface area contributed by atoms with Crippen LogP contribution in [0.5, 0.6) is 11.5 Å². The zero-order valence-corrected chi connectivity index (χ0v) is 21.3. The van der Waals surface area contributed by atoms with Gasteiger partial charge in [-0.05, 0) is 52.3 Å². The molecule has 1 saturated heterocycles. The lowest BCUT2D eigenvalue weighted by atomic mass is 10.1. The van der Waals surface area contributed by atoms with E-state index in [0.717, 1.165) is 0 Å². The Morgan fingerprint density at radius 2 is 1.77 bits per heavy atom. The zero-order chi connectivity index (χ0) is 25.2. The second-order valence-electron chi connectivity index (χ2n) is 9.65. The molecule has 186 valence electrons. The first-order valence-corrected chi connectivity index (χ1v) is 13.1. The van der Waals surface area contributed by atoms with E-state index in [4.69, 9.17) is 9.47 Å². The molecule has 2 aromatic carbocycles. The van der Waals surface area contributed by atoms with Crippen LogP contribution in [0.15, 0.2) is 65.8 Å². The second kappa shape index (κ2) is 9.83. The van der Waals surface area contributed by atoms with Gasteiger partial charge in [-0.25, -0.2) is 13.2 Å². The topological polar surface area (TPSA) is 89.0 Å². The molecule has 0 saturated carbocycles. The number of hydrogen-bond donors (Lipinski definition) is 0. The number of sulfonamides is 1. The van der Waals surface area contributed by atoms with E-state index < -0.39 is 27.8 Å². The van der Waals surface area contributed by atoms with Gasteiger partial charge in [0.15, 0.2) is 5.75 Å². The molecule has 1 atom stereocenters. The van der Waals surface area contributed by atoms with Crippen LogP contribution in [0.3, 0.4) is 0 Å². The van der Waals surface area contributed by atoms with Crippen LogP contribution in [0.4, 0.5) is 4.79 Å². The van der Waals surface area contributed by atoms with E-state index in [2.05, 4.69) is 4.98 Å². The minimum atomic E-state index is -3.91. The Bertz CT molecular complexity index is 1300. The molecule has 0 unspecified atom stereocenters. The molecule has 35 heavy (non-hydrogen) atoms. The van der Waals surface area contributed by atoms with Gasteiger partial charge in [-0.1, -0.05) is 30.3 Å². The van der Waals surface area contributed by atoms with Crippen molar-refractivity contribution in [2.45, 2.75) is 50.7 Å². The van der Waals surface area contributed by atoms with Crippen LogP contribution < -0.4 is 4.74 Å². The second-order valence-corrected chi connectivity index (χ2v) is 11.5. The van der Waals surface area contributed by atoms with Crippen molar-refractivity contribution in [1.29, 1.82) is 0 Å². The Morgan fingerprint density at radius 1 is 1.03 bits per heavy atom. The number of fused-ring (bicyclic) bond motifs is 1. The lowest BCUT2D eigenvalue weighted by Gasteiger charge is -2.30. The van der Waals surface area contributed by atoms with E-state index in [-0.39, 0.29) is 11.4 Å². The summed E-state index contributed by atoms with van der Waals surface area (Å²) in [4.78, 5) is 18.6. The van der Waals surface area contributed by atoms with Gasteiger partial charge in [0.05, 0.1) is 11.1 Å². The van der Waals surface area contributed by atoms with Gasteiger partial charge >= 0.3 is 6.09 Å². The maximum atomic E-state index is 14.0. The van der Waals surface area contributed by atoms with Crippen LogP contribution in [0, 0.1) is 0 Å². The van der Waals surface area contributed by atoms with Crippen LogP contribution in [0.1, 0.15) is 34.1 Å². The quantitative estimate of drug-likeness (QED) is 0.501. The number of benzene rings is 2. The number of amides is 1. The first-order valence-electron chi connectivity index (χ1n) is 11.7. The predicted octanol–water partition coefficient (Wildman–Crippen LogP) is 5.05. The summed E-state index contributed by atoms with van der Waals surface area (Å²) in [5.74, 6) is 0.955. The molecule has 0 N–H and O–H groups in total. The highest BCUT2D eigenvalue weighted by molar-refractivity contribution is 7.89. The van der Waals surface area contributed by atoms with Gasteiger partial charge < -0.3 is 14.4 Å². The Hall–Kier alpha value is -3.17. The van der Waals surface area contributed by atoms with Crippen molar-refractivity contribution in [1.82, 2.24) is 14.2 Å². The first kappa shape index (κ1) is 24.9. The fourth-order valence-electron chi connectivity index (χ4n) is 4.19. The summed E-state index contributed by atoms with van der Waals surface area (Å²) in [5.41, 5.74) is -0.621. The standard InChI is InChI=1S/C26H31N3O5S/c1-19-18-28(25(30)34-26(2,3)4)14-9-15-29(19)35(31,32)23-13-8-10-20-16-27-17-22(24(20)23)33-21-11-6-5-7-12-21/h5-8,10-13,16-17,19H,9,14-15,18H2,1-4H3/t19-/m0/s1. The summed E-state index contributed by atoms with van der Waals surface area (Å²) in [6.07, 6.45) is 3.23. The third kappa shape index (κ3) is 5.57. The average molecular weight is 498 g/mol. The highest BCUT2D eigenvalue weighted by Crippen LogP contribution is 2.36. The Morgan fingerprint density at radius 3 is 2.49 bits per heavy atom. The average Bonchev–Trinajstić information content (AvgIpc) is 3.00. The molecular weight excluding hydrogens is 466 g/mol. The number of aromatic nitrogens is 1. The van der Waals surface area contributed by atoms with E-state index in [1.54, 1.807) is 35.4 Å². The number of ether oxygens (including phenoxy) is 2. The molecule has 1 fully saturated rings. The number of para-hydroxylation sites is 1. The Kier molecular flexibility index (Phi) is 7.00. The maximum absolute atomic E-state index is 14.0.